The van der Waals surface area contributed by atoms with Gasteiger partial charge in [0.2, 0.25) is 0 Å². The Morgan fingerprint density at radius 2 is 1.77 bits per heavy atom. The molecule has 0 amide bonds. The Kier molecular flexibility index (Phi) is 3.95. The molecule has 0 saturated carbocycles. The number of rotatable bonds is 3. The molecule has 2 aliphatic rings. The van der Waals surface area contributed by atoms with Crippen molar-refractivity contribution >= 4 is 5.70 Å². The van der Waals surface area contributed by atoms with Crippen molar-refractivity contribution in [3.63, 3.8) is 0 Å². The summed E-state index contributed by atoms with van der Waals surface area (Å²) in [6.07, 6.45) is 13.0. The quantitative estimate of drug-likeness (QED) is 0.691. The molecule has 0 N–H and O–H groups in total. The molecule has 26 heavy (non-hydrogen) atoms. The molecule has 0 bridgehead atoms. The van der Waals surface area contributed by atoms with Gasteiger partial charge in [0.15, 0.2) is 0 Å². The van der Waals surface area contributed by atoms with Crippen LogP contribution in [-0.2, 0) is 0 Å². The van der Waals surface area contributed by atoms with E-state index in [2.05, 4.69) is 81.5 Å². The van der Waals surface area contributed by atoms with Crippen molar-refractivity contribution < 1.29 is 0 Å². The van der Waals surface area contributed by atoms with E-state index in [4.69, 9.17) is 0 Å². The van der Waals surface area contributed by atoms with Gasteiger partial charge in [-0.15, -0.1) is 0 Å². The maximum absolute atomic E-state index is 4.11. The summed E-state index contributed by atoms with van der Waals surface area (Å²) >= 11 is 0. The van der Waals surface area contributed by atoms with Gasteiger partial charge in [-0.1, -0.05) is 30.3 Å². The molecule has 0 spiro atoms. The van der Waals surface area contributed by atoms with Gasteiger partial charge in [0.05, 0.1) is 0 Å². The van der Waals surface area contributed by atoms with Crippen LogP contribution in [0, 0.1) is 0 Å². The molecule has 0 radical (unpaired) electrons. The zero-order valence-electron chi connectivity index (χ0n) is 14.8. The van der Waals surface area contributed by atoms with E-state index in [1.54, 1.807) is 0 Å². The standard InChI is InChI=1S/C23H23N3/c1-2-4-18(5-3-1)21-14-23-15-22(9-13-26(23)17-21)25-12-8-20(16-25)19-6-10-24-11-7-19/h1-8,10-12,15-16,21,23H,9,13-14,17H2/t21-,23-/m0/s1. The first-order valence-electron chi connectivity index (χ1n) is 9.45. The van der Waals surface area contributed by atoms with E-state index in [9.17, 15) is 0 Å². The molecule has 1 aromatic carbocycles. The van der Waals surface area contributed by atoms with Crippen molar-refractivity contribution in [1.29, 1.82) is 0 Å². The Hall–Kier alpha value is -2.65. The first-order chi connectivity index (χ1) is 12.9. The number of pyridine rings is 1. The number of hydrogen-bond acceptors (Lipinski definition) is 2. The van der Waals surface area contributed by atoms with Crippen LogP contribution in [0.1, 0.15) is 24.3 Å². The van der Waals surface area contributed by atoms with Crippen LogP contribution in [0.5, 0.6) is 0 Å². The van der Waals surface area contributed by atoms with E-state index in [0.717, 1.165) is 13.0 Å². The Balaban J connectivity index is 1.37. The average molecular weight is 341 g/mol. The van der Waals surface area contributed by atoms with E-state index >= 15 is 0 Å². The summed E-state index contributed by atoms with van der Waals surface area (Å²) in [4.78, 5) is 6.76. The van der Waals surface area contributed by atoms with Crippen LogP contribution in [0.15, 0.2) is 79.4 Å². The summed E-state index contributed by atoms with van der Waals surface area (Å²) in [5.41, 5.74) is 5.39. The smallest absolute Gasteiger partial charge is 0.0304 e. The fourth-order valence-electron chi connectivity index (χ4n) is 4.40. The highest BCUT2D eigenvalue weighted by Gasteiger charge is 2.33. The van der Waals surface area contributed by atoms with Crippen LogP contribution in [0.2, 0.25) is 0 Å². The molecule has 3 nitrogen and oxygen atoms in total. The maximum Gasteiger partial charge on any atom is 0.0304 e. The third-order valence-electron chi connectivity index (χ3n) is 5.80. The Morgan fingerprint density at radius 3 is 2.62 bits per heavy atom. The lowest BCUT2D eigenvalue weighted by Gasteiger charge is -2.28. The van der Waals surface area contributed by atoms with E-state index < -0.39 is 0 Å². The summed E-state index contributed by atoms with van der Waals surface area (Å²) in [6, 6.07) is 17.9. The minimum atomic E-state index is 0.565. The van der Waals surface area contributed by atoms with Crippen molar-refractivity contribution in [1.82, 2.24) is 14.5 Å². The molecular formula is C23H23N3. The normalized spacial score (nSPS) is 22.8. The van der Waals surface area contributed by atoms with Gasteiger partial charge in [-0.2, -0.15) is 0 Å². The Morgan fingerprint density at radius 1 is 0.923 bits per heavy atom. The van der Waals surface area contributed by atoms with E-state index in [0.29, 0.717) is 12.0 Å². The minimum Gasteiger partial charge on any atom is -0.327 e. The van der Waals surface area contributed by atoms with E-state index in [1.165, 1.54) is 35.4 Å². The van der Waals surface area contributed by atoms with Gasteiger partial charge >= 0.3 is 0 Å². The number of benzene rings is 1. The van der Waals surface area contributed by atoms with Gasteiger partial charge in [-0.3, -0.25) is 9.88 Å². The topological polar surface area (TPSA) is 21.1 Å². The lowest BCUT2D eigenvalue weighted by Crippen LogP contribution is -2.33. The molecular weight excluding hydrogens is 318 g/mol. The van der Waals surface area contributed by atoms with Gasteiger partial charge in [-0.05, 0) is 53.3 Å². The van der Waals surface area contributed by atoms with Crippen LogP contribution in [-0.4, -0.2) is 33.6 Å². The van der Waals surface area contributed by atoms with Crippen LogP contribution >= 0.6 is 0 Å². The van der Waals surface area contributed by atoms with Gasteiger partial charge in [0.1, 0.15) is 0 Å². The fraction of sp³-hybridized carbons (Fsp3) is 0.261. The van der Waals surface area contributed by atoms with Crippen LogP contribution in [0.4, 0.5) is 0 Å². The van der Waals surface area contributed by atoms with Gasteiger partial charge in [-0.25, -0.2) is 0 Å². The Bertz CT molecular complexity index is 911. The molecule has 2 atom stereocenters. The molecule has 3 aromatic rings. The van der Waals surface area contributed by atoms with Gasteiger partial charge < -0.3 is 4.57 Å². The highest BCUT2D eigenvalue weighted by Crippen LogP contribution is 2.36. The van der Waals surface area contributed by atoms with Crippen molar-refractivity contribution in [2.75, 3.05) is 13.1 Å². The van der Waals surface area contributed by atoms with Crippen molar-refractivity contribution in [3.05, 3.63) is 85.0 Å². The zero-order valence-corrected chi connectivity index (χ0v) is 14.8. The van der Waals surface area contributed by atoms with Crippen molar-refractivity contribution in [2.24, 2.45) is 0 Å². The molecule has 3 heteroatoms. The largest absolute Gasteiger partial charge is 0.327 e. The van der Waals surface area contributed by atoms with Crippen LogP contribution in [0.3, 0.4) is 0 Å². The molecule has 5 rings (SSSR count). The number of hydrogen-bond donors (Lipinski definition) is 0. The monoisotopic (exact) mass is 341 g/mol. The first-order valence-corrected chi connectivity index (χ1v) is 9.45. The maximum atomic E-state index is 4.11. The molecule has 130 valence electrons. The Labute approximate surface area is 154 Å². The molecule has 0 unspecified atom stereocenters. The van der Waals surface area contributed by atoms with Crippen LogP contribution in [0.25, 0.3) is 16.8 Å². The summed E-state index contributed by atoms with van der Waals surface area (Å²) < 4.78 is 2.31. The second-order valence-electron chi connectivity index (χ2n) is 7.36. The van der Waals surface area contributed by atoms with Crippen molar-refractivity contribution in [3.8, 4) is 11.1 Å². The highest BCUT2D eigenvalue weighted by molar-refractivity contribution is 5.64. The summed E-state index contributed by atoms with van der Waals surface area (Å²) in [6.45, 7) is 2.34. The molecule has 0 aliphatic carbocycles. The third-order valence-corrected chi connectivity index (χ3v) is 5.80. The molecule has 1 saturated heterocycles. The van der Waals surface area contributed by atoms with Gasteiger partial charge in [0.25, 0.3) is 0 Å². The predicted octanol–water partition coefficient (Wildman–Crippen LogP) is 4.65. The second-order valence-corrected chi connectivity index (χ2v) is 7.36. The van der Waals surface area contributed by atoms with E-state index in [1.807, 2.05) is 12.4 Å². The first kappa shape index (κ1) is 15.6. The summed E-state index contributed by atoms with van der Waals surface area (Å²) in [5, 5.41) is 0. The molecule has 2 aliphatic heterocycles. The molecule has 1 fully saturated rings. The predicted molar refractivity (Wildman–Crippen MR) is 106 cm³/mol. The number of aromatic nitrogens is 2. The second kappa shape index (κ2) is 6.58. The van der Waals surface area contributed by atoms with Crippen molar-refractivity contribution in [2.45, 2.75) is 24.8 Å². The summed E-state index contributed by atoms with van der Waals surface area (Å²) in [5.74, 6) is 0.661. The molecule has 2 aromatic heterocycles. The lowest BCUT2D eigenvalue weighted by atomic mass is 9.96. The van der Waals surface area contributed by atoms with Crippen LogP contribution < -0.4 is 0 Å². The molecule has 4 heterocycles. The lowest BCUT2D eigenvalue weighted by molar-refractivity contribution is 0.283. The zero-order chi connectivity index (χ0) is 17.3. The third kappa shape index (κ3) is 2.89. The number of fused-ring (bicyclic) bond motifs is 1. The SMILES string of the molecule is C1=C(n2ccc(-c3ccncc3)c2)CCN2C[C@@H](c3ccccc3)C[C@@H]12. The fourth-order valence-corrected chi connectivity index (χ4v) is 4.40. The number of nitrogens with zero attached hydrogens (tertiary/aromatic N) is 3. The van der Waals surface area contributed by atoms with Gasteiger partial charge in [0, 0.05) is 56.0 Å². The average Bonchev–Trinajstić information content (AvgIpc) is 3.36. The summed E-state index contributed by atoms with van der Waals surface area (Å²) in [7, 11) is 0. The highest BCUT2D eigenvalue weighted by atomic mass is 15.2. The van der Waals surface area contributed by atoms with E-state index in [-0.39, 0.29) is 0 Å². The minimum absolute atomic E-state index is 0.565.